The van der Waals surface area contributed by atoms with Gasteiger partial charge in [-0.3, -0.25) is 9.59 Å². The number of furan rings is 1. The highest BCUT2D eigenvalue weighted by Crippen LogP contribution is 2.23. The van der Waals surface area contributed by atoms with Crippen LogP contribution < -0.4 is 10.0 Å². The molecule has 31 heavy (non-hydrogen) atoms. The first-order chi connectivity index (χ1) is 14.7. The molecule has 0 fully saturated rings. The number of benzene rings is 2. The zero-order chi connectivity index (χ0) is 22.6. The largest absolute Gasteiger partial charge is 0.459 e. The van der Waals surface area contributed by atoms with Gasteiger partial charge in [0.05, 0.1) is 6.04 Å². The minimum atomic E-state index is -4.28. The lowest BCUT2D eigenvalue weighted by atomic mass is 10.2. The highest BCUT2D eigenvalue weighted by molar-refractivity contribution is 7.89. The molecule has 0 aliphatic heterocycles. The van der Waals surface area contributed by atoms with Gasteiger partial charge in [0.25, 0.3) is 5.91 Å². The normalized spacial score (nSPS) is 13.5. The summed E-state index contributed by atoms with van der Waals surface area (Å²) < 4.78 is 50.8. The molecule has 2 N–H and O–H groups in total. The van der Waals surface area contributed by atoms with Crippen molar-refractivity contribution in [2.24, 2.45) is 0 Å². The van der Waals surface area contributed by atoms with Gasteiger partial charge in [0.15, 0.2) is 6.61 Å². The SMILES string of the molecule is CC(NS(=O)(=O)c1ccccc1F)C(=O)OCC(=O)NC(C)c1cc2ccccc2o1. The Kier molecular flexibility index (Phi) is 6.71. The van der Waals surface area contributed by atoms with Crippen molar-refractivity contribution in [1.29, 1.82) is 0 Å². The first-order valence-electron chi connectivity index (χ1n) is 9.38. The van der Waals surface area contributed by atoms with Gasteiger partial charge in [0, 0.05) is 5.39 Å². The van der Waals surface area contributed by atoms with E-state index in [9.17, 15) is 22.4 Å². The number of nitrogens with one attached hydrogen (secondary N) is 2. The molecule has 0 bridgehead atoms. The number of ether oxygens (including phenoxy) is 1. The van der Waals surface area contributed by atoms with Crippen LogP contribution in [0.1, 0.15) is 25.6 Å². The van der Waals surface area contributed by atoms with Crippen LogP contribution in [0, 0.1) is 5.82 Å². The second-order valence-corrected chi connectivity index (χ2v) is 8.54. The van der Waals surface area contributed by atoms with Gasteiger partial charge in [-0.1, -0.05) is 30.3 Å². The average molecular weight is 448 g/mol. The molecule has 2 aromatic carbocycles. The molecule has 0 saturated heterocycles. The van der Waals surface area contributed by atoms with E-state index in [1.54, 1.807) is 19.1 Å². The first-order valence-corrected chi connectivity index (χ1v) is 10.9. The predicted molar refractivity (Wildman–Crippen MR) is 110 cm³/mol. The number of hydrogen-bond donors (Lipinski definition) is 2. The summed E-state index contributed by atoms with van der Waals surface area (Å²) in [6, 6.07) is 12.1. The van der Waals surface area contributed by atoms with E-state index < -0.39 is 51.3 Å². The van der Waals surface area contributed by atoms with Gasteiger partial charge in [0.1, 0.15) is 28.1 Å². The third-order valence-corrected chi connectivity index (χ3v) is 5.98. The van der Waals surface area contributed by atoms with Crippen molar-refractivity contribution in [3.8, 4) is 0 Å². The van der Waals surface area contributed by atoms with Crippen LogP contribution in [-0.2, 0) is 24.3 Å². The van der Waals surface area contributed by atoms with Gasteiger partial charge < -0.3 is 14.5 Å². The molecule has 2 unspecified atom stereocenters. The van der Waals surface area contributed by atoms with Crippen LogP contribution in [0.5, 0.6) is 0 Å². The number of para-hydroxylation sites is 1. The Balaban J connectivity index is 1.52. The lowest BCUT2D eigenvalue weighted by Gasteiger charge is -2.15. The number of fused-ring (bicyclic) bond motifs is 1. The summed E-state index contributed by atoms with van der Waals surface area (Å²) in [4.78, 5) is 23.6. The fourth-order valence-electron chi connectivity index (χ4n) is 2.84. The summed E-state index contributed by atoms with van der Waals surface area (Å²) in [5.41, 5.74) is 0.681. The molecule has 1 heterocycles. The van der Waals surface area contributed by atoms with Crippen molar-refractivity contribution < 1.29 is 31.6 Å². The highest BCUT2D eigenvalue weighted by Gasteiger charge is 2.26. The van der Waals surface area contributed by atoms with Crippen LogP contribution in [-0.4, -0.2) is 32.9 Å². The standard InChI is InChI=1S/C21H21FN2O6S/c1-13(18-11-15-7-3-5-9-17(15)30-18)23-20(25)12-29-21(26)14(2)24-31(27,28)19-10-6-4-8-16(19)22/h3-11,13-14,24H,12H2,1-2H3,(H,23,25). The topological polar surface area (TPSA) is 115 Å². The predicted octanol–water partition coefficient (Wildman–Crippen LogP) is 2.66. The maximum atomic E-state index is 13.7. The average Bonchev–Trinajstić information content (AvgIpc) is 3.16. The molecular formula is C21H21FN2O6S. The van der Waals surface area contributed by atoms with Crippen molar-refractivity contribution in [3.05, 3.63) is 66.2 Å². The molecular weight excluding hydrogens is 427 g/mol. The molecule has 2 atom stereocenters. The molecule has 8 nitrogen and oxygen atoms in total. The molecule has 0 radical (unpaired) electrons. The van der Waals surface area contributed by atoms with E-state index in [2.05, 4.69) is 5.32 Å². The van der Waals surface area contributed by atoms with E-state index in [1.165, 1.54) is 19.1 Å². The molecule has 1 aromatic heterocycles. The number of rotatable bonds is 8. The Morgan fingerprint density at radius 3 is 2.48 bits per heavy atom. The van der Waals surface area contributed by atoms with Crippen LogP contribution in [0.25, 0.3) is 11.0 Å². The Morgan fingerprint density at radius 2 is 1.77 bits per heavy atom. The number of carbonyl (C=O) groups excluding carboxylic acids is 2. The minimum absolute atomic E-state index is 0.476. The van der Waals surface area contributed by atoms with Gasteiger partial charge in [-0.05, 0) is 38.1 Å². The fourth-order valence-corrected chi connectivity index (χ4v) is 4.11. The van der Waals surface area contributed by atoms with Gasteiger partial charge >= 0.3 is 5.97 Å². The van der Waals surface area contributed by atoms with E-state index in [1.807, 2.05) is 22.9 Å². The van der Waals surface area contributed by atoms with Crippen molar-refractivity contribution in [2.75, 3.05) is 6.61 Å². The molecule has 0 saturated carbocycles. The molecule has 10 heteroatoms. The molecule has 3 rings (SSSR count). The minimum Gasteiger partial charge on any atom is -0.459 e. The Morgan fingerprint density at radius 1 is 1.10 bits per heavy atom. The molecule has 0 aliphatic rings. The maximum absolute atomic E-state index is 13.7. The van der Waals surface area contributed by atoms with E-state index >= 15 is 0 Å². The van der Waals surface area contributed by atoms with Crippen molar-refractivity contribution in [2.45, 2.75) is 30.8 Å². The van der Waals surface area contributed by atoms with Crippen LogP contribution in [0.2, 0.25) is 0 Å². The van der Waals surface area contributed by atoms with E-state index in [-0.39, 0.29) is 0 Å². The molecule has 3 aromatic rings. The van der Waals surface area contributed by atoms with Gasteiger partial charge in [-0.2, -0.15) is 4.72 Å². The summed E-state index contributed by atoms with van der Waals surface area (Å²) in [7, 11) is -4.28. The van der Waals surface area contributed by atoms with Crippen LogP contribution in [0.4, 0.5) is 4.39 Å². The van der Waals surface area contributed by atoms with Crippen molar-refractivity contribution in [1.82, 2.24) is 10.0 Å². The third kappa shape index (κ3) is 5.47. The quantitative estimate of drug-likeness (QED) is 0.512. The molecule has 0 aliphatic carbocycles. The van der Waals surface area contributed by atoms with Gasteiger partial charge in [-0.25, -0.2) is 12.8 Å². The molecule has 164 valence electrons. The summed E-state index contributed by atoms with van der Waals surface area (Å²) >= 11 is 0. The Bertz CT molecular complexity index is 1170. The monoisotopic (exact) mass is 448 g/mol. The fraction of sp³-hybridized carbons (Fsp3) is 0.238. The number of amides is 1. The smallest absolute Gasteiger partial charge is 0.324 e. The maximum Gasteiger partial charge on any atom is 0.324 e. The van der Waals surface area contributed by atoms with Crippen LogP contribution in [0.3, 0.4) is 0 Å². The van der Waals surface area contributed by atoms with E-state index in [0.717, 1.165) is 17.5 Å². The van der Waals surface area contributed by atoms with Gasteiger partial charge in [-0.15, -0.1) is 0 Å². The Labute approximate surface area is 178 Å². The van der Waals surface area contributed by atoms with Crippen LogP contribution in [0.15, 0.2) is 63.9 Å². The third-order valence-electron chi connectivity index (χ3n) is 4.41. The zero-order valence-corrected chi connectivity index (χ0v) is 17.6. The summed E-state index contributed by atoms with van der Waals surface area (Å²) in [6.07, 6.45) is 0. The summed E-state index contributed by atoms with van der Waals surface area (Å²) in [5.74, 6) is -1.99. The number of esters is 1. The Hall–Kier alpha value is -3.24. The lowest BCUT2D eigenvalue weighted by molar-refractivity contribution is -0.150. The van der Waals surface area contributed by atoms with E-state index in [4.69, 9.17) is 9.15 Å². The highest BCUT2D eigenvalue weighted by atomic mass is 32.2. The number of carbonyl (C=O) groups is 2. The zero-order valence-electron chi connectivity index (χ0n) is 16.8. The number of sulfonamides is 1. The summed E-state index contributed by atoms with van der Waals surface area (Å²) in [5, 5.41) is 3.52. The lowest BCUT2D eigenvalue weighted by Crippen LogP contribution is -2.41. The number of halogens is 1. The molecule has 0 spiro atoms. The van der Waals surface area contributed by atoms with E-state index in [0.29, 0.717) is 11.3 Å². The van der Waals surface area contributed by atoms with Crippen LogP contribution >= 0.6 is 0 Å². The number of hydrogen-bond acceptors (Lipinski definition) is 6. The van der Waals surface area contributed by atoms with Crippen molar-refractivity contribution >= 4 is 32.9 Å². The second kappa shape index (κ2) is 9.27. The first kappa shape index (κ1) is 22.4. The second-order valence-electron chi connectivity index (χ2n) is 6.86. The molecule has 1 amide bonds. The van der Waals surface area contributed by atoms with Gasteiger partial charge in [0.2, 0.25) is 10.0 Å². The summed E-state index contributed by atoms with van der Waals surface area (Å²) in [6.45, 7) is 2.33. The van der Waals surface area contributed by atoms with Crippen molar-refractivity contribution in [3.63, 3.8) is 0 Å².